The quantitative estimate of drug-likeness (QED) is 0.705. The SMILES string of the molecule is COc1c(OC)c(OC)c2c(c1OC)Sc1ccccc1S2. The lowest BCUT2D eigenvalue weighted by atomic mass is 10.2. The Kier molecular flexibility index (Phi) is 4.31. The second-order valence-electron chi connectivity index (χ2n) is 4.44. The molecule has 0 N–H and O–H groups in total. The lowest BCUT2D eigenvalue weighted by molar-refractivity contribution is 0.295. The highest BCUT2D eigenvalue weighted by Gasteiger charge is 2.31. The fraction of sp³-hybridized carbons (Fsp3) is 0.250. The van der Waals surface area contributed by atoms with E-state index in [9.17, 15) is 0 Å². The zero-order valence-corrected chi connectivity index (χ0v) is 14.4. The molecule has 116 valence electrons. The molecule has 1 aliphatic rings. The summed E-state index contributed by atoms with van der Waals surface area (Å²) in [6.45, 7) is 0. The van der Waals surface area contributed by atoms with Gasteiger partial charge in [-0.15, -0.1) is 0 Å². The minimum Gasteiger partial charge on any atom is -0.492 e. The van der Waals surface area contributed by atoms with Crippen molar-refractivity contribution in [2.45, 2.75) is 19.6 Å². The van der Waals surface area contributed by atoms with Gasteiger partial charge in [0.05, 0.1) is 38.2 Å². The predicted molar refractivity (Wildman–Crippen MR) is 87.3 cm³/mol. The highest BCUT2D eigenvalue weighted by Crippen LogP contribution is 2.61. The van der Waals surface area contributed by atoms with Crippen LogP contribution < -0.4 is 18.9 Å². The highest BCUT2D eigenvalue weighted by molar-refractivity contribution is 8.05. The van der Waals surface area contributed by atoms with Crippen molar-refractivity contribution < 1.29 is 18.9 Å². The zero-order valence-electron chi connectivity index (χ0n) is 12.8. The third kappa shape index (κ3) is 2.27. The van der Waals surface area contributed by atoms with Crippen LogP contribution in [0.1, 0.15) is 0 Å². The van der Waals surface area contributed by atoms with Crippen molar-refractivity contribution in [2.24, 2.45) is 0 Å². The second kappa shape index (κ2) is 6.22. The van der Waals surface area contributed by atoms with E-state index in [0.717, 1.165) is 9.79 Å². The van der Waals surface area contributed by atoms with Crippen LogP contribution in [0.2, 0.25) is 0 Å². The van der Waals surface area contributed by atoms with E-state index in [1.165, 1.54) is 9.79 Å². The normalized spacial score (nSPS) is 12.2. The van der Waals surface area contributed by atoms with Crippen LogP contribution in [0.3, 0.4) is 0 Å². The Labute approximate surface area is 138 Å². The highest BCUT2D eigenvalue weighted by atomic mass is 32.2. The van der Waals surface area contributed by atoms with Crippen LogP contribution in [0.15, 0.2) is 43.8 Å². The van der Waals surface area contributed by atoms with Crippen molar-refractivity contribution in [1.29, 1.82) is 0 Å². The Hall–Kier alpha value is -1.66. The molecule has 0 fully saturated rings. The minimum absolute atomic E-state index is 0.549. The Balaban J connectivity index is 2.28. The van der Waals surface area contributed by atoms with Crippen LogP contribution in [0, 0.1) is 0 Å². The second-order valence-corrected chi connectivity index (χ2v) is 6.55. The molecule has 0 saturated heterocycles. The number of hydrogen-bond donors (Lipinski definition) is 0. The summed E-state index contributed by atoms with van der Waals surface area (Å²) in [5.74, 6) is 2.44. The van der Waals surface area contributed by atoms with E-state index in [1.54, 1.807) is 52.0 Å². The molecule has 4 nitrogen and oxygen atoms in total. The molecule has 6 heteroatoms. The van der Waals surface area contributed by atoms with Gasteiger partial charge >= 0.3 is 0 Å². The maximum absolute atomic E-state index is 5.60. The van der Waals surface area contributed by atoms with Gasteiger partial charge in [-0.05, 0) is 12.1 Å². The standard InChI is InChI=1S/C16H16O4S2/c1-17-11-12(18-2)14(20-4)16-15(13(11)19-3)21-9-7-5-6-8-10(9)22-16/h5-8H,1-4H3. The fourth-order valence-corrected chi connectivity index (χ4v) is 4.86. The van der Waals surface area contributed by atoms with Gasteiger partial charge in [-0.2, -0.15) is 0 Å². The van der Waals surface area contributed by atoms with E-state index >= 15 is 0 Å². The smallest absolute Gasteiger partial charge is 0.208 e. The van der Waals surface area contributed by atoms with E-state index in [-0.39, 0.29) is 0 Å². The largest absolute Gasteiger partial charge is 0.492 e. The van der Waals surface area contributed by atoms with Gasteiger partial charge < -0.3 is 18.9 Å². The van der Waals surface area contributed by atoms with Crippen LogP contribution in [0.4, 0.5) is 0 Å². The van der Waals surface area contributed by atoms with E-state index < -0.39 is 0 Å². The van der Waals surface area contributed by atoms with Crippen molar-refractivity contribution in [3.05, 3.63) is 24.3 Å². The van der Waals surface area contributed by atoms with Crippen LogP contribution in [0.5, 0.6) is 23.0 Å². The molecule has 0 radical (unpaired) electrons. The molecule has 0 amide bonds. The first kappa shape index (κ1) is 15.2. The van der Waals surface area contributed by atoms with Crippen molar-refractivity contribution in [3.63, 3.8) is 0 Å². The van der Waals surface area contributed by atoms with Gasteiger partial charge in [0.15, 0.2) is 11.5 Å². The first-order valence-corrected chi connectivity index (χ1v) is 8.23. The molecular formula is C16H16O4S2. The summed E-state index contributed by atoms with van der Waals surface area (Å²) in [5.41, 5.74) is 0. The number of rotatable bonds is 4. The van der Waals surface area contributed by atoms with Crippen molar-refractivity contribution in [2.75, 3.05) is 28.4 Å². The Morgan fingerprint density at radius 1 is 0.591 bits per heavy atom. The first-order valence-electron chi connectivity index (χ1n) is 6.59. The third-order valence-corrected chi connectivity index (χ3v) is 5.92. The summed E-state index contributed by atoms with van der Waals surface area (Å²) in [5, 5.41) is 0. The average molecular weight is 336 g/mol. The number of fused-ring (bicyclic) bond motifs is 2. The summed E-state index contributed by atoms with van der Waals surface area (Å²) in [6, 6.07) is 8.25. The summed E-state index contributed by atoms with van der Waals surface area (Å²) >= 11 is 3.30. The number of ether oxygens (including phenoxy) is 4. The molecule has 22 heavy (non-hydrogen) atoms. The minimum atomic E-state index is 0.549. The van der Waals surface area contributed by atoms with E-state index in [4.69, 9.17) is 18.9 Å². The lowest BCUT2D eigenvalue weighted by Gasteiger charge is -2.25. The fourth-order valence-electron chi connectivity index (χ4n) is 2.38. The number of hydrogen-bond acceptors (Lipinski definition) is 6. The number of benzene rings is 2. The van der Waals surface area contributed by atoms with E-state index in [1.807, 2.05) is 12.1 Å². The van der Waals surface area contributed by atoms with Crippen molar-refractivity contribution in [1.82, 2.24) is 0 Å². The molecule has 0 aliphatic carbocycles. The Bertz CT molecular complexity index is 656. The Morgan fingerprint density at radius 3 is 1.27 bits per heavy atom. The van der Waals surface area contributed by atoms with Crippen molar-refractivity contribution in [3.8, 4) is 23.0 Å². The summed E-state index contributed by atoms with van der Waals surface area (Å²) in [6.07, 6.45) is 0. The first-order chi connectivity index (χ1) is 10.7. The monoisotopic (exact) mass is 336 g/mol. The molecular weight excluding hydrogens is 320 g/mol. The topological polar surface area (TPSA) is 36.9 Å². The predicted octanol–water partition coefficient (Wildman–Crippen LogP) is 4.34. The maximum atomic E-state index is 5.60. The molecule has 0 aromatic heterocycles. The molecule has 0 unspecified atom stereocenters. The van der Waals surface area contributed by atoms with E-state index in [2.05, 4.69) is 12.1 Å². The van der Waals surface area contributed by atoms with E-state index in [0.29, 0.717) is 23.0 Å². The molecule has 2 aromatic rings. The summed E-state index contributed by atoms with van der Waals surface area (Å²) < 4.78 is 22.2. The molecule has 1 aliphatic heterocycles. The van der Waals surface area contributed by atoms with Crippen LogP contribution in [-0.2, 0) is 0 Å². The molecule has 3 rings (SSSR count). The van der Waals surface area contributed by atoms with Gasteiger partial charge in [0, 0.05) is 9.79 Å². The van der Waals surface area contributed by atoms with Crippen LogP contribution >= 0.6 is 23.5 Å². The average Bonchev–Trinajstić information content (AvgIpc) is 2.57. The van der Waals surface area contributed by atoms with Crippen LogP contribution in [-0.4, -0.2) is 28.4 Å². The lowest BCUT2D eigenvalue weighted by Crippen LogP contribution is -2.03. The number of methoxy groups -OCH3 is 4. The Morgan fingerprint density at radius 2 is 0.955 bits per heavy atom. The zero-order chi connectivity index (χ0) is 15.7. The van der Waals surface area contributed by atoms with Gasteiger partial charge in [-0.1, -0.05) is 35.7 Å². The van der Waals surface area contributed by atoms with Gasteiger partial charge in [-0.25, -0.2) is 0 Å². The molecule has 0 spiro atoms. The summed E-state index contributed by atoms with van der Waals surface area (Å²) in [7, 11) is 6.47. The molecule has 0 saturated carbocycles. The third-order valence-electron chi connectivity index (χ3n) is 3.33. The van der Waals surface area contributed by atoms with Gasteiger partial charge in [-0.3, -0.25) is 0 Å². The van der Waals surface area contributed by atoms with Gasteiger partial charge in [0.1, 0.15) is 0 Å². The molecule has 1 heterocycles. The molecule has 0 atom stereocenters. The van der Waals surface area contributed by atoms with Crippen molar-refractivity contribution >= 4 is 23.5 Å². The van der Waals surface area contributed by atoms with Crippen LogP contribution in [0.25, 0.3) is 0 Å². The molecule has 2 aromatic carbocycles. The van der Waals surface area contributed by atoms with Gasteiger partial charge in [0.2, 0.25) is 11.5 Å². The molecule has 0 bridgehead atoms. The maximum Gasteiger partial charge on any atom is 0.208 e. The van der Waals surface area contributed by atoms with Gasteiger partial charge in [0.25, 0.3) is 0 Å². The summed E-state index contributed by atoms with van der Waals surface area (Å²) in [4.78, 5) is 4.35.